The lowest BCUT2D eigenvalue weighted by Crippen LogP contribution is -2.18. The molecule has 28 heavy (non-hydrogen) atoms. The van der Waals surface area contributed by atoms with Crippen molar-refractivity contribution in [3.05, 3.63) is 75.9 Å². The number of aromatic amines is 1. The van der Waals surface area contributed by atoms with Gasteiger partial charge in [-0.3, -0.25) is 14.8 Å². The van der Waals surface area contributed by atoms with Gasteiger partial charge in [-0.1, -0.05) is 6.07 Å². The highest BCUT2D eigenvalue weighted by atomic mass is 32.2. The fraction of sp³-hybridized carbons (Fsp3) is 0.350. The maximum Gasteiger partial charge on any atom is 0.255 e. The van der Waals surface area contributed by atoms with Crippen LogP contribution in [0, 0.1) is 0 Å². The van der Waals surface area contributed by atoms with Crippen molar-refractivity contribution < 1.29 is 4.42 Å². The van der Waals surface area contributed by atoms with Crippen LogP contribution in [0.3, 0.4) is 0 Å². The maximum absolute atomic E-state index is 12.2. The Bertz CT molecular complexity index is 924. The summed E-state index contributed by atoms with van der Waals surface area (Å²) in [4.78, 5) is 25.5. The van der Waals surface area contributed by atoms with E-state index in [1.165, 1.54) is 0 Å². The first kappa shape index (κ1) is 20.2. The molecule has 0 atom stereocenters. The Kier molecular flexibility index (Phi) is 7.27. The number of pyridine rings is 1. The zero-order valence-corrected chi connectivity index (χ0v) is 17.0. The van der Waals surface area contributed by atoms with Crippen molar-refractivity contribution in [2.24, 2.45) is 0 Å². The molecule has 3 aromatic rings. The molecule has 0 saturated heterocycles. The van der Waals surface area contributed by atoms with Gasteiger partial charge in [0.15, 0.2) is 0 Å². The lowest BCUT2D eigenvalue weighted by Gasteiger charge is -2.07. The van der Waals surface area contributed by atoms with E-state index in [1.807, 2.05) is 38.4 Å². The zero-order chi connectivity index (χ0) is 19.8. The van der Waals surface area contributed by atoms with Gasteiger partial charge in [-0.25, -0.2) is 4.98 Å². The molecular weight excluding hydrogens is 374 g/mol. The molecule has 0 unspecified atom stereocenters. The lowest BCUT2D eigenvalue weighted by molar-refractivity contribution is 0.344. The third kappa shape index (κ3) is 6.24. The average molecular weight is 400 g/mol. The molecule has 0 amide bonds. The van der Waals surface area contributed by atoms with E-state index in [0.29, 0.717) is 24.5 Å². The van der Waals surface area contributed by atoms with Crippen LogP contribution in [-0.2, 0) is 18.7 Å². The first-order valence-corrected chi connectivity index (χ1v) is 10.3. The highest BCUT2D eigenvalue weighted by Crippen LogP contribution is 2.16. The van der Waals surface area contributed by atoms with Crippen LogP contribution < -0.4 is 10.9 Å². The minimum absolute atomic E-state index is 0.127. The topological polar surface area (TPSA) is 87.0 Å². The van der Waals surface area contributed by atoms with Gasteiger partial charge in [0.2, 0.25) is 5.95 Å². The van der Waals surface area contributed by atoms with Crippen LogP contribution in [-0.4, -0.2) is 46.2 Å². The van der Waals surface area contributed by atoms with E-state index in [1.54, 1.807) is 30.4 Å². The van der Waals surface area contributed by atoms with Gasteiger partial charge in [-0.05, 0) is 37.9 Å². The van der Waals surface area contributed by atoms with Crippen LogP contribution in [0.2, 0.25) is 0 Å². The van der Waals surface area contributed by atoms with Crippen LogP contribution in [0.5, 0.6) is 0 Å². The van der Waals surface area contributed by atoms with Gasteiger partial charge >= 0.3 is 0 Å². The van der Waals surface area contributed by atoms with Gasteiger partial charge in [0.25, 0.3) is 5.56 Å². The van der Waals surface area contributed by atoms with E-state index < -0.39 is 0 Å². The number of anilines is 1. The summed E-state index contributed by atoms with van der Waals surface area (Å²) in [5, 5.41) is 3.16. The summed E-state index contributed by atoms with van der Waals surface area (Å²) < 4.78 is 5.79. The Morgan fingerprint density at radius 2 is 2.07 bits per heavy atom. The largest absolute Gasteiger partial charge is 0.464 e. The van der Waals surface area contributed by atoms with Crippen molar-refractivity contribution in [2.45, 2.75) is 18.7 Å². The van der Waals surface area contributed by atoms with Crippen molar-refractivity contribution in [1.82, 2.24) is 19.9 Å². The van der Waals surface area contributed by atoms with Gasteiger partial charge in [0.1, 0.15) is 11.5 Å². The molecule has 3 aromatic heterocycles. The molecule has 0 spiro atoms. The lowest BCUT2D eigenvalue weighted by atomic mass is 10.1. The second-order valence-corrected chi connectivity index (χ2v) is 7.81. The minimum atomic E-state index is -0.127. The van der Waals surface area contributed by atoms with E-state index in [-0.39, 0.29) is 5.56 Å². The summed E-state index contributed by atoms with van der Waals surface area (Å²) >= 11 is 1.77. The normalized spacial score (nSPS) is 11.1. The summed E-state index contributed by atoms with van der Waals surface area (Å²) in [7, 11) is 4.04. The van der Waals surface area contributed by atoms with Crippen molar-refractivity contribution in [1.29, 1.82) is 0 Å². The first-order valence-electron chi connectivity index (χ1n) is 9.11. The van der Waals surface area contributed by atoms with Crippen molar-refractivity contribution in [3.8, 4) is 0 Å². The molecule has 3 rings (SSSR count). The molecule has 0 fully saturated rings. The number of nitrogens with one attached hydrogen (secondary N) is 2. The van der Waals surface area contributed by atoms with E-state index >= 15 is 0 Å². The standard InChI is InChI=1S/C20H25N5O2S/c1-25(2)13-17-5-6-18(27-17)14-28-9-8-22-20-23-12-16(19(26)24-20)10-15-4-3-7-21-11-15/h3-7,11-12H,8-10,13-14H2,1-2H3,(H2,22,23,24,26). The SMILES string of the molecule is CN(C)Cc1ccc(CSCCNc2ncc(Cc3cccnc3)c(=O)[nH]2)o1. The Morgan fingerprint density at radius 1 is 1.21 bits per heavy atom. The Hall–Kier alpha value is -2.58. The Labute approximate surface area is 168 Å². The first-order chi connectivity index (χ1) is 13.6. The predicted molar refractivity (Wildman–Crippen MR) is 113 cm³/mol. The Balaban J connectivity index is 1.41. The van der Waals surface area contributed by atoms with Gasteiger partial charge < -0.3 is 14.6 Å². The van der Waals surface area contributed by atoms with Crippen LogP contribution in [0.25, 0.3) is 0 Å². The molecule has 148 valence electrons. The molecule has 0 aromatic carbocycles. The molecule has 0 aliphatic rings. The summed E-state index contributed by atoms with van der Waals surface area (Å²) in [6.45, 7) is 1.52. The minimum Gasteiger partial charge on any atom is -0.464 e. The third-order valence-electron chi connectivity index (χ3n) is 3.96. The number of aromatic nitrogens is 3. The van der Waals surface area contributed by atoms with Crippen LogP contribution in [0.4, 0.5) is 5.95 Å². The van der Waals surface area contributed by atoms with E-state index in [4.69, 9.17) is 4.42 Å². The number of rotatable bonds is 10. The summed E-state index contributed by atoms with van der Waals surface area (Å²) in [6, 6.07) is 7.85. The van der Waals surface area contributed by atoms with Gasteiger partial charge in [0, 0.05) is 42.9 Å². The molecule has 7 nitrogen and oxygen atoms in total. The molecule has 8 heteroatoms. The highest BCUT2D eigenvalue weighted by molar-refractivity contribution is 7.98. The second kappa shape index (κ2) is 10.1. The van der Waals surface area contributed by atoms with Gasteiger partial charge in [0.05, 0.1) is 12.3 Å². The number of hydrogen-bond donors (Lipinski definition) is 2. The quantitative estimate of drug-likeness (QED) is 0.507. The van der Waals surface area contributed by atoms with E-state index in [0.717, 1.165) is 35.1 Å². The number of H-pyrrole nitrogens is 1. The van der Waals surface area contributed by atoms with E-state index in [2.05, 4.69) is 25.2 Å². The molecule has 0 aliphatic carbocycles. The summed E-state index contributed by atoms with van der Waals surface area (Å²) in [5.74, 6) is 4.15. The van der Waals surface area contributed by atoms with E-state index in [9.17, 15) is 4.79 Å². The Morgan fingerprint density at radius 3 is 2.82 bits per heavy atom. The zero-order valence-electron chi connectivity index (χ0n) is 16.1. The molecule has 3 heterocycles. The average Bonchev–Trinajstić information content (AvgIpc) is 3.11. The van der Waals surface area contributed by atoms with Crippen LogP contribution in [0.1, 0.15) is 22.6 Å². The van der Waals surface area contributed by atoms with Crippen molar-refractivity contribution >= 4 is 17.7 Å². The number of nitrogens with zero attached hydrogens (tertiary/aromatic N) is 3. The van der Waals surface area contributed by atoms with Crippen molar-refractivity contribution in [2.75, 3.05) is 31.7 Å². The van der Waals surface area contributed by atoms with Gasteiger partial charge in [-0.15, -0.1) is 0 Å². The smallest absolute Gasteiger partial charge is 0.255 e. The van der Waals surface area contributed by atoms with Crippen molar-refractivity contribution in [3.63, 3.8) is 0 Å². The molecule has 0 aliphatic heterocycles. The monoisotopic (exact) mass is 399 g/mol. The molecule has 0 bridgehead atoms. The predicted octanol–water partition coefficient (Wildman–Crippen LogP) is 2.76. The van der Waals surface area contributed by atoms with Crippen LogP contribution in [0.15, 0.2) is 52.1 Å². The number of thioether (sulfide) groups is 1. The molecule has 0 saturated carbocycles. The molecule has 0 radical (unpaired) electrons. The second-order valence-electron chi connectivity index (χ2n) is 6.71. The summed E-state index contributed by atoms with van der Waals surface area (Å²) in [5.41, 5.74) is 1.48. The van der Waals surface area contributed by atoms with Gasteiger partial charge in [-0.2, -0.15) is 11.8 Å². The maximum atomic E-state index is 12.2. The summed E-state index contributed by atoms with van der Waals surface area (Å²) in [6.07, 6.45) is 5.61. The highest BCUT2D eigenvalue weighted by Gasteiger charge is 2.05. The molecule has 2 N–H and O–H groups in total. The fourth-order valence-electron chi connectivity index (χ4n) is 2.67. The van der Waals surface area contributed by atoms with Crippen LogP contribution >= 0.6 is 11.8 Å². The third-order valence-corrected chi connectivity index (χ3v) is 4.94. The fourth-order valence-corrected chi connectivity index (χ4v) is 3.42. The number of furan rings is 1. The number of hydrogen-bond acceptors (Lipinski definition) is 7. The molecular formula is C20H25N5O2S.